The van der Waals surface area contributed by atoms with E-state index >= 15 is 0 Å². The predicted octanol–water partition coefficient (Wildman–Crippen LogP) is 8.36. The van der Waals surface area contributed by atoms with Crippen LogP contribution < -0.4 is 5.32 Å². The lowest BCUT2D eigenvalue weighted by molar-refractivity contribution is -0.115. The third-order valence-electron chi connectivity index (χ3n) is 6.53. The summed E-state index contributed by atoms with van der Waals surface area (Å²) in [6.45, 7) is 7.88. The van der Waals surface area contributed by atoms with Crippen molar-refractivity contribution in [3.05, 3.63) is 52.6 Å². The minimum absolute atomic E-state index is 0.0737. The SMILES string of the molecule is CCCCCCCCCCCCS[C@H](C(=O)Nc1cc(C)c(O)c(C)c1C)c1ccc(O)cc1. The Morgan fingerprint density at radius 1 is 0.853 bits per heavy atom. The number of benzene rings is 2. The van der Waals surface area contributed by atoms with E-state index in [1.54, 1.807) is 23.9 Å². The Morgan fingerprint density at radius 2 is 1.41 bits per heavy atom. The third kappa shape index (κ3) is 8.90. The van der Waals surface area contributed by atoms with Crippen molar-refractivity contribution < 1.29 is 15.0 Å². The van der Waals surface area contributed by atoms with Gasteiger partial charge in [-0.05, 0) is 73.4 Å². The Morgan fingerprint density at radius 3 is 2.00 bits per heavy atom. The second kappa shape index (κ2) is 15.0. The maximum atomic E-state index is 13.3. The zero-order valence-corrected chi connectivity index (χ0v) is 22.3. The topological polar surface area (TPSA) is 69.6 Å². The summed E-state index contributed by atoms with van der Waals surface area (Å²) in [5, 5.41) is 22.6. The summed E-state index contributed by atoms with van der Waals surface area (Å²) in [4.78, 5) is 13.3. The van der Waals surface area contributed by atoms with Gasteiger partial charge >= 0.3 is 0 Å². The summed E-state index contributed by atoms with van der Waals surface area (Å²) in [5.41, 5.74) is 4.03. The molecule has 2 aromatic rings. The summed E-state index contributed by atoms with van der Waals surface area (Å²) >= 11 is 1.66. The normalized spacial score (nSPS) is 12.0. The van der Waals surface area contributed by atoms with E-state index in [1.165, 1.54) is 57.8 Å². The molecule has 2 rings (SSSR count). The van der Waals surface area contributed by atoms with E-state index < -0.39 is 0 Å². The summed E-state index contributed by atoms with van der Waals surface area (Å²) in [6.07, 6.45) is 12.9. The Hall–Kier alpha value is -2.14. The largest absolute Gasteiger partial charge is 0.508 e. The highest BCUT2D eigenvalue weighted by atomic mass is 32.2. The van der Waals surface area contributed by atoms with Gasteiger partial charge < -0.3 is 15.5 Å². The first kappa shape index (κ1) is 28.1. The van der Waals surface area contributed by atoms with Gasteiger partial charge in [0.05, 0.1) is 0 Å². The fraction of sp³-hybridized carbons (Fsp3) is 0.552. The number of anilines is 1. The van der Waals surface area contributed by atoms with E-state index in [4.69, 9.17) is 0 Å². The number of amides is 1. The minimum Gasteiger partial charge on any atom is -0.508 e. The number of hydrogen-bond donors (Lipinski definition) is 3. The lowest BCUT2D eigenvalue weighted by atomic mass is 10.0. The molecule has 0 saturated carbocycles. The molecule has 1 atom stereocenters. The summed E-state index contributed by atoms with van der Waals surface area (Å²) in [5.74, 6) is 1.32. The maximum absolute atomic E-state index is 13.3. The van der Waals surface area contributed by atoms with Crippen LogP contribution in [0, 0.1) is 20.8 Å². The Kier molecular flexibility index (Phi) is 12.4. The van der Waals surface area contributed by atoms with Crippen molar-refractivity contribution in [3.8, 4) is 11.5 Å². The number of thioether (sulfide) groups is 1. The number of carbonyl (C=O) groups excluding carboxylic acids is 1. The summed E-state index contributed by atoms with van der Waals surface area (Å²) in [6, 6.07) is 8.75. The number of unbranched alkanes of at least 4 members (excludes halogenated alkanes) is 9. The van der Waals surface area contributed by atoms with Gasteiger partial charge in [0.1, 0.15) is 16.7 Å². The number of phenols is 2. The average Bonchev–Trinajstić information content (AvgIpc) is 2.82. The average molecular weight is 486 g/mol. The van der Waals surface area contributed by atoms with Crippen molar-refractivity contribution in [2.24, 2.45) is 0 Å². The highest BCUT2D eigenvalue weighted by Crippen LogP contribution is 2.35. The molecule has 0 aliphatic heterocycles. The van der Waals surface area contributed by atoms with E-state index in [-0.39, 0.29) is 22.7 Å². The smallest absolute Gasteiger partial charge is 0.242 e. The van der Waals surface area contributed by atoms with Gasteiger partial charge in [-0.3, -0.25) is 4.79 Å². The number of nitrogens with one attached hydrogen (secondary N) is 1. The summed E-state index contributed by atoms with van der Waals surface area (Å²) in [7, 11) is 0. The molecule has 0 aliphatic rings. The van der Waals surface area contributed by atoms with Crippen LogP contribution in [0.4, 0.5) is 5.69 Å². The minimum atomic E-state index is -0.354. The number of hydrogen-bond acceptors (Lipinski definition) is 4. The second-order valence-electron chi connectivity index (χ2n) is 9.35. The highest BCUT2D eigenvalue weighted by molar-refractivity contribution is 8.00. The molecule has 0 heterocycles. The molecule has 0 spiro atoms. The molecule has 0 saturated heterocycles. The molecule has 0 radical (unpaired) electrons. The van der Waals surface area contributed by atoms with Gasteiger partial charge in [0.2, 0.25) is 5.91 Å². The number of aromatic hydroxyl groups is 2. The second-order valence-corrected chi connectivity index (χ2v) is 10.6. The van der Waals surface area contributed by atoms with E-state index in [2.05, 4.69) is 12.2 Å². The molecule has 188 valence electrons. The first-order valence-electron chi connectivity index (χ1n) is 12.9. The van der Waals surface area contributed by atoms with Crippen LogP contribution in [-0.2, 0) is 4.79 Å². The van der Waals surface area contributed by atoms with Crippen LogP contribution in [0.25, 0.3) is 0 Å². The standard InChI is InChI=1S/C29H43NO3S/c1-5-6-7-8-9-10-11-12-13-14-19-34-28(24-15-17-25(31)18-16-24)29(33)30-26-20-21(2)27(32)23(4)22(26)3/h15-18,20,28,31-32H,5-14,19H2,1-4H3,(H,30,33)/t28-/m0/s1. The van der Waals surface area contributed by atoms with Gasteiger partial charge in [-0.25, -0.2) is 0 Å². The van der Waals surface area contributed by atoms with Crippen LogP contribution in [0.1, 0.15) is 98.6 Å². The van der Waals surface area contributed by atoms with Crippen molar-refractivity contribution in [1.82, 2.24) is 0 Å². The Bertz CT molecular complexity index is 895. The van der Waals surface area contributed by atoms with Crippen LogP contribution in [-0.4, -0.2) is 21.9 Å². The van der Waals surface area contributed by atoms with Crippen LogP contribution in [0.5, 0.6) is 11.5 Å². The zero-order valence-electron chi connectivity index (χ0n) is 21.5. The van der Waals surface area contributed by atoms with Crippen LogP contribution in [0.3, 0.4) is 0 Å². The third-order valence-corrected chi connectivity index (χ3v) is 7.87. The molecule has 0 aliphatic carbocycles. The van der Waals surface area contributed by atoms with Gasteiger partial charge in [0.15, 0.2) is 0 Å². The van der Waals surface area contributed by atoms with E-state index in [0.717, 1.165) is 40.1 Å². The molecular formula is C29H43NO3S. The molecule has 0 fully saturated rings. The molecule has 34 heavy (non-hydrogen) atoms. The number of aryl methyl sites for hydroxylation is 1. The zero-order chi connectivity index (χ0) is 24.9. The number of rotatable bonds is 15. The first-order valence-corrected chi connectivity index (χ1v) is 13.9. The van der Waals surface area contributed by atoms with E-state index in [1.807, 2.05) is 39.0 Å². The first-order chi connectivity index (χ1) is 16.3. The van der Waals surface area contributed by atoms with Gasteiger partial charge in [0.25, 0.3) is 0 Å². The van der Waals surface area contributed by atoms with Gasteiger partial charge in [-0.2, -0.15) is 0 Å². The molecule has 2 aromatic carbocycles. The number of phenolic OH excluding ortho intramolecular Hbond substituents is 2. The van der Waals surface area contributed by atoms with Crippen molar-refractivity contribution in [3.63, 3.8) is 0 Å². The maximum Gasteiger partial charge on any atom is 0.242 e. The molecule has 1 amide bonds. The summed E-state index contributed by atoms with van der Waals surface area (Å²) < 4.78 is 0. The van der Waals surface area contributed by atoms with E-state index in [0.29, 0.717) is 0 Å². The van der Waals surface area contributed by atoms with Gasteiger partial charge in [-0.15, -0.1) is 11.8 Å². The van der Waals surface area contributed by atoms with Crippen molar-refractivity contribution in [1.29, 1.82) is 0 Å². The fourth-order valence-electron chi connectivity index (χ4n) is 4.16. The fourth-order valence-corrected chi connectivity index (χ4v) is 5.33. The van der Waals surface area contributed by atoms with Crippen molar-refractivity contribution >= 4 is 23.4 Å². The molecule has 3 N–H and O–H groups in total. The predicted molar refractivity (Wildman–Crippen MR) is 146 cm³/mol. The van der Waals surface area contributed by atoms with Crippen LogP contribution >= 0.6 is 11.8 Å². The van der Waals surface area contributed by atoms with Gasteiger partial charge in [-0.1, -0.05) is 76.8 Å². The molecule has 0 bridgehead atoms. The molecule has 5 heteroatoms. The Labute approximate surface area is 210 Å². The van der Waals surface area contributed by atoms with Gasteiger partial charge in [0, 0.05) is 5.69 Å². The lowest BCUT2D eigenvalue weighted by Gasteiger charge is -2.19. The number of carbonyl (C=O) groups is 1. The molecule has 0 unspecified atom stereocenters. The van der Waals surface area contributed by atoms with Crippen molar-refractivity contribution in [2.75, 3.05) is 11.1 Å². The lowest BCUT2D eigenvalue weighted by Crippen LogP contribution is -2.20. The van der Waals surface area contributed by atoms with Crippen molar-refractivity contribution in [2.45, 2.75) is 97.2 Å². The monoisotopic (exact) mass is 485 g/mol. The molecular weight excluding hydrogens is 442 g/mol. The van der Waals surface area contributed by atoms with Crippen LogP contribution in [0.15, 0.2) is 30.3 Å². The molecule has 4 nitrogen and oxygen atoms in total. The molecule has 0 aromatic heterocycles. The quantitative estimate of drug-likeness (QED) is 0.175. The van der Waals surface area contributed by atoms with Crippen LogP contribution in [0.2, 0.25) is 0 Å². The van der Waals surface area contributed by atoms with E-state index in [9.17, 15) is 15.0 Å². The highest BCUT2D eigenvalue weighted by Gasteiger charge is 2.22. The Balaban J connectivity index is 1.90.